The minimum Gasteiger partial charge on any atom is -0.476 e. The van der Waals surface area contributed by atoms with Gasteiger partial charge in [0.15, 0.2) is 0 Å². The maximum atomic E-state index is 5.85. The van der Waals surface area contributed by atoms with Gasteiger partial charge < -0.3 is 10.5 Å². The SMILES string of the molecule is CCCC(C)COc1nc(N)ncc1Cl. The smallest absolute Gasteiger partial charge is 0.237 e. The van der Waals surface area contributed by atoms with Gasteiger partial charge in [-0.3, -0.25) is 0 Å². The lowest BCUT2D eigenvalue weighted by Gasteiger charge is -2.11. The summed E-state index contributed by atoms with van der Waals surface area (Å²) in [6, 6.07) is 0. The fraction of sp³-hybridized carbons (Fsp3) is 0.600. The summed E-state index contributed by atoms with van der Waals surface area (Å²) in [5.41, 5.74) is 5.43. The standard InChI is InChI=1S/C10H16ClN3O/c1-3-4-7(2)6-15-9-8(11)5-13-10(12)14-9/h5,7H,3-4,6H2,1-2H3,(H2,12,13,14). The van der Waals surface area contributed by atoms with Crippen LogP contribution in [0, 0.1) is 5.92 Å². The second-order valence-corrected chi connectivity index (χ2v) is 3.99. The van der Waals surface area contributed by atoms with Crippen molar-refractivity contribution < 1.29 is 4.74 Å². The Morgan fingerprint density at radius 2 is 2.33 bits per heavy atom. The molecule has 1 atom stereocenters. The van der Waals surface area contributed by atoms with Crippen molar-refractivity contribution in [2.75, 3.05) is 12.3 Å². The van der Waals surface area contributed by atoms with E-state index in [1.54, 1.807) is 0 Å². The Balaban J connectivity index is 2.53. The van der Waals surface area contributed by atoms with Crippen molar-refractivity contribution in [1.82, 2.24) is 9.97 Å². The average molecular weight is 230 g/mol. The number of hydrogen-bond donors (Lipinski definition) is 1. The number of nitrogen functional groups attached to an aromatic ring is 1. The predicted molar refractivity (Wildman–Crippen MR) is 61.0 cm³/mol. The Hall–Kier alpha value is -1.03. The second-order valence-electron chi connectivity index (χ2n) is 3.59. The number of rotatable bonds is 5. The van der Waals surface area contributed by atoms with E-state index in [1.807, 2.05) is 0 Å². The number of nitrogens with zero attached hydrogens (tertiary/aromatic N) is 2. The molecule has 5 heteroatoms. The summed E-state index contributed by atoms with van der Waals surface area (Å²) < 4.78 is 5.47. The topological polar surface area (TPSA) is 61.0 Å². The van der Waals surface area contributed by atoms with E-state index >= 15 is 0 Å². The number of anilines is 1. The van der Waals surface area contributed by atoms with Crippen molar-refractivity contribution in [1.29, 1.82) is 0 Å². The van der Waals surface area contributed by atoms with Gasteiger partial charge >= 0.3 is 0 Å². The van der Waals surface area contributed by atoms with Crippen LogP contribution in [0.15, 0.2) is 6.20 Å². The molecule has 0 fully saturated rings. The molecule has 4 nitrogen and oxygen atoms in total. The van der Waals surface area contributed by atoms with E-state index in [0.717, 1.165) is 12.8 Å². The summed E-state index contributed by atoms with van der Waals surface area (Å²) in [7, 11) is 0. The number of nitrogens with two attached hydrogens (primary N) is 1. The molecule has 2 N–H and O–H groups in total. The fourth-order valence-corrected chi connectivity index (χ4v) is 1.41. The van der Waals surface area contributed by atoms with E-state index in [2.05, 4.69) is 23.8 Å². The third kappa shape index (κ3) is 3.91. The van der Waals surface area contributed by atoms with Gasteiger partial charge in [0.25, 0.3) is 0 Å². The number of halogens is 1. The maximum absolute atomic E-state index is 5.85. The summed E-state index contributed by atoms with van der Waals surface area (Å²) in [5, 5.41) is 0.396. The zero-order chi connectivity index (χ0) is 11.3. The monoisotopic (exact) mass is 229 g/mol. The van der Waals surface area contributed by atoms with Crippen molar-refractivity contribution in [3.05, 3.63) is 11.2 Å². The van der Waals surface area contributed by atoms with E-state index < -0.39 is 0 Å². The first-order valence-corrected chi connectivity index (χ1v) is 5.42. The number of hydrogen-bond acceptors (Lipinski definition) is 4. The van der Waals surface area contributed by atoms with E-state index in [1.165, 1.54) is 6.20 Å². The summed E-state index contributed by atoms with van der Waals surface area (Å²) >= 11 is 5.85. The third-order valence-corrected chi connectivity index (χ3v) is 2.28. The van der Waals surface area contributed by atoms with Crippen LogP contribution in [0.5, 0.6) is 5.88 Å². The van der Waals surface area contributed by atoms with Crippen LogP contribution in [0.3, 0.4) is 0 Å². The van der Waals surface area contributed by atoms with Crippen LogP contribution in [0.25, 0.3) is 0 Å². The molecule has 15 heavy (non-hydrogen) atoms. The van der Waals surface area contributed by atoms with Gasteiger partial charge in [-0.25, -0.2) is 4.98 Å². The zero-order valence-corrected chi connectivity index (χ0v) is 9.79. The maximum Gasteiger partial charge on any atom is 0.237 e. The van der Waals surface area contributed by atoms with Gasteiger partial charge in [0, 0.05) is 0 Å². The van der Waals surface area contributed by atoms with E-state index in [9.17, 15) is 0 Å². The molecular weight excluding hydrogens is 214 g/mol. The van der Waals surface area contributed by atoms with Crippen molar-refractivity contribution in [2.24, 2.45) is 5.92 Å². The molecule has 84 valence electrons. The molecular formula is C10H16ClN3O. The Morgan fingerprint density at radius 1 is 1.60 bits per heavy atom. The molecule has 0 saturated heterocycles. The molecule has 1 aromatic rings. The van der Waals surface area contributed by atoms with Gasteiger partial charge in [0.05, 0.1) is 12.8 Å². The Labute approximate surface area is 94.8 Å². The number of aromatic nitrogens is 2. The molecule has 0 saturated carbocycles. The Kier molecular flexibility index (Phi) is 4.62. The van der Waals surface area contributed by atoms with Crippen molar-refractivity contribution in [2.45, 2.75) is 26.7 Å². The van der Waals surface area contributed by atoms with Crippen LogP contribution < -0.4 is 10.5 Å². The van der Waals surface area contributed by atoms with Crippen molar-refractivity contribution in [3.8, 4) is 5.88 Å². The molecule has 0 radical (unpaired) electrons. The van der Waals surface area contributed by atoms with Gasteiger partial charge in [0.2, 0.25) is 11.8 Å². The second kappa shape index (κ2) is 5.75. The normalized spacial score (nSPS) is 12.5. The highest BCUT2D eigenvalue weighted by Crippen LogP contribution is 2.21. The molecule has 1 unspecified atom stereocenters. The first kappa shape index (κ1) is 12.0. The Morgan fingerprint density at radius 3 is 3.00 bits per heavy atom. The van der Waals surface area contributed by atoms with Crippen LogP contribution in [-0.2, 0) is 0 Å². The van der Waals surface area contributed by atoms with Gasteiger partial charge in [-0.2, -0.15) is 4.98 Å². The third-order valence-electron chi connectivity index (χ3n) is 2.02. The quantitative estimate of drug-likeness (QED) is 0.843. The molecule has 1 rings (SSSR count). The Bertz CT molecular complexity index is 320. The highest BCUT2D eigenvalue weighted by molar-refractivity contribution is 6.31. The van der Waals surface area contributed by atoms with E-state index in [-0.39, 0.29) is 5.95 Å². The summed E-state index contributed by atoms with van der Waals surface area (Å²) in [5.74, 6) is 1.03. The molecule has 0 amide bonds. The van der Waals surface area contributed by atoms with E-state index in [4.69, 9.17) is 22.1 Å². The van der Waals surface area contributed by atoms with Gasteiger partial charge in [0.1, 0.15) is 5.02 Å². The van der Waals surface area contributed by atoms with Crippen LogP contribution in [0.1, 0.15) is 26.7 Å². The van der Waals surface area contributed by atoms with Crippen LogP contribution in [0.4, 0.5) is 5.95 Å². The molecule has 0 aliphatic heterocycles. The zero-order valence-electron chi connectivity index (χ0n) is 9.03. The minimum absolute atomic E-state index is 0.178. The highest BCUT2D eigenvalue weighted by atomic mass is 35.5. The average Bonchev–Trinajstić information content (AvgIpc) is 2.20. The van der Waals surface area contributed by atoms with Crippen LogP contribution in [-0.4, -0.2) is 16.6 Å². The lowest BCUT2D eigenvalue weighted by Crippen LogP contribution is -2.10. The predicted octanol–water partition coefficient (Wildman–Crippen LogP) is 2.53. The lowest BCUT2D eigenvalue weighted by atomic mass is 10.1. The summed E-state index contributed by atoms with van der Waals surface area (Å²) in [6.07, 6.45) is 3.71. The first-order chi connectivity index (χ1) is 7.13. The van der Waals surface area contributed by atoms with Crippen molar-refractivity contribution >= 4 is 17.5 Å². The van der Waals surface area contributed by atoms with Crippen LogP contribution in [0.2, 0.25) is 5.02 Å². The van der Waals surface area contributed by atoms with E-state index in [0.29, 0.717) is 23.4 Å². The molecule has 0 bridgehead atoms. The molecule has 0 aliphatic carbocycles. The number of ether oxygens (including phenoxy) is 1. The van der Waals surface area contributed by atoms with Gasteiger partial charge in [-0.15, -0.1) is 0 Å². The first-order valence-electron chi connectivity index (χ1n) is 5.04. The lowest BCUT2D eigenvalue weighted by molar-refractivity contribution is 0.243. The molecule has 1 aromatic heterocycles. The molecule has 0 aromatic carbocycles. The molecule has 0 spiro atoms. The van der Waals surface area contributed by atoms with Crippen molar-refractivity contribution in [3.63, 3.8) is 0 Å². The van der Waals surface area contributed by atoms with Gasteiger partial charge in [-0.05, 0) is 12.3 Å². The fourth-order valence-electron chi connectivity index (χ4n) is 1.26. The largest absolute Gasteiger partial charge is 0.476 e. The van der Waals surface area contributed by atoms with Gasteiger partial charge in [-0.1, -0.05) is 31.9 Å². The highest BCUT2D eigenvalue weighted by Gasteiger charge is 2.07. The van der Waals surface area contributed by atoms with Crippen LogP contribution >= 0.6 is 11.6 Å². The molecule has 0 aliphatic rings. The summed E-state index contributed by atoms with van der Waals surface area (Å²) in [4.78, 5) is 7.67. The molecule has 1 heterocycles. The summed E-state index contributed by atoms with van der Waals surface area (Å²) in [6.45, 7) is 4.87. The minimum atomic E-state index is 0.178.